The van der Waals surface area contributed by atoms with E-state index in [1.807, 2.05) is 0 Å². The Balaban J connectivity index is 1.51. The van der Waals surface area contributed by atoms with Crippen LogP contribution in [0.2, 0.25) is 0 Å². The molecule has 0 aliphatic carbocycles. The molecule has 176 valence electrons. The Bertz CT molecular complexity index is 1110. The molecule has 3 aromatic carbocycles. The molecule has 0 radical (unpaired) electrons. The molecule has 0 spiro atoms. The third-order valence-electron chi connectivity index (χ3n) is 4.92. The van der Waals surface area contributed by atoms with Gasteiger partial charge in [-0.05, 0) is 67.1 Å². The summed E-state index contributed by atoms with van der Waals surface area (Å²) in [5.74, 6) is -0.0238. The quantitative estimate of drug-likeness (QED) is 0.113. The van der Waals surface area contributed by atoms with Crippen molar-refractivity contribution >= 4 is 17.6 Å². The van der Waals surface area contributed by atoms with Crippen molar-refractivity contribution in [3.8, 4) is 17.2 Å². The average molecular weight is 463 g/mol. The largest absolute Gasteiger partial charge is 0.494 e. The SMILES string of the molecule is CCCCCCOc1ccc(C(=O)Oc2ccc(C(=O)Oc3ccc([N+](=O)[O-])cc3)cc2)cc1. The van der Waals surface area contributed by atoms with E-state index >= 15 is 0 Å². The second-order valence-electron chi connectivity index (χ2n) is 7.49. The second kappa shape index (κ2) is 12.2. The fourth-order valence-corrected chi connectivity index (χ4v) is 3.03. The van der Waals surface area contributed by atoms with E-state index in [0.29, 0.717) is 17.9 Å². The molecule has 0 saturated carbocycles. The fourth-order valence-electron chi connectivity index (χ4n) is 3.03. The summed E-state index contributed by atoms with van der Waals surface area (Å²) in [6.07, 6.45) is 4.49. The number of nitro groups is 1. The molecule has 0 amide bonds. The molecule has 8 nitrogen and oxygen atoms in total. The Kier molecular flexibility index (Phi) is 8.73. The van der Waals surface area contributed by atoms with Crippen LogP contribution in [0.15, 0.2) is 72.8 Å². The number of rotatable bonds is 11. The molecule has 0 aliphatic heterocycles. The van der Waals surface area contributed by atoms with Gasteiger partial charge in [-0.3, -0.25) is 10.1 Å². The Morgan fingerprint density at radius 1 is 0.706 bits per heavy atom. The molecular weight excluding hydrogens is 438 g/mol. The van der Waals surface area contributed by atoms with Crippen LogP contribution in [0, 0.1) is 10.1 Å². The van der Waals surface area contributed by atoms with Crippen molar-refractivity contribution < 1.29 is 28.7 Å². The van der Waals surface area contributed by atoms with Crippen LogP contribution < -0.4 is 14.2 Å². The molecule has 0 unspecified atom stereocenters. The van der Waals surface area contributed by atoms with E-state index in [1.165, 1.54) is 61.4 Å². The van der Waals surface area contributed by atoms with Gasteiger partial charge in [0.15, 0.2) is 0 Å². The Morgan fingerprint density at radius 2 is 1.18 bits per heavy atom. The lowest BCUT2D eigenvalue weighted by Gasteiger charge is -2.08. The standard InChI is InChI=1S/C26H25NO7/c1-2-3-4-5-18-32-22-12-6-19(7-13-22)25(28)33-23-14-8-20(9-15-23)26(29)34-24-16-10-21(11-17-24)27(30)31/h6-17H,2-5,18H2,1H3. The normalized spacial score (nSPS) is 10.4. The first-order valence-corrected chi connectivity index (χ1v) is 11.0. The minimum absolute atomic E-state index is 0.101. The van der Waals surface area contributed by atoms with E-state index < -0.39 is 16.9 Å². The molecule has 0 aromatic heterocycles. The first kappa shape index (κ1) is 24.4. The minimum atomic E-state index is -0.642. The van der Waals surface area contributed by atoms with Crippen molar-refractivity contribution in [2.75, 3.05) is 6.61 Å². The molecule has 0 aliphatic rings. The highest BCUT2D eigenvalue weighted by Gasteiger charge is 2.13. The van der Waals surface area contributed by atoms with E-state index in [2.05, 4.69) is 6.92 Å². The van der Waals surface area contributed by atoms with E-state index in [4.69, 9.17) is 14.2 Å². The number of nitrogens with zero attached hydrogens (tertiary/aromatic N) is 1. The molecule has 3 aromatic rings. The summed E-state index contributed by atoms with van der Waals surface area (Å²) in [6, 6.07) is 17.8. The number of esters is 2. The van der Waals surface area contributed by atoms with Gasteiger partial charge in [-0.15, -0.1) is 0 Å². The maximum atomic E-state index is 12.4. The van der Waals surface area contributed by atoms with Crippen molar-refractivity contribution in [3.05, 3.63) is 94.0 Å². The predicted octanol–water partition coefficient (Wildman–Crippen LogP) is 5.99. The van der Waals surface area contributed by atoms with Crippen LogP contribution in [0.4, 0.5) is 5.69 Å². The summed E-state index contributed by atoms with van der Waals surface area (Å²) in [4.78, 5) is 34.8. The number of unbranched alkanes of at least 4 members (excludes halogenated alkanes) is 3. The summed E-state index contributed by atoms with van der Waals surface area (Å²) >= 11 is 0. The predicted molar refractivity (Wildman–Crippen MR) is 126 cm³/mol. The Morgan fingerprint density at radius 3 is 1.65 bits per heavy atom. The van der Waals surface area contributed by atoms with Crippen molar-refractivity contribution in [1.29, 1.82) is 0 Å². The third kappa shape index (κ3) is 7.16. The van der Waals surface area contributed by atoms with Gasteiger partial charge in [-0.2, -0.15) is 0 Å². The van der Waals surface area contributed by atoms with Crippen molar-refractivity contribution in [3.63, 3.8) is 0 Å². The first-order chi connectivity index (χ1) is 16.5. The van der Waals surface area contributed by atoms with Crippen LogP contribution >= 0.6 is 0 Å². The molecule has 0 bridgehead atoms. The molecule has 34 heavy (non-hydrogen) atoms. The van der Waals surface area contributed by atoms with Gasteiger partial charge in [0.2, 0.25) is 0 Å². The number of carbonyl (C=O) groups excluding carboxylic acids is 2. The summed E-state index contributed by atoms with van der Waals surface area (Å²) < 4.78 is 16.2. The number of ether oxygens (including phenoxy) is 3. The van der Waals surface area contributed by atoms with Crippen molar-refractivity contribution in [2.24, 2.45) is 0 Å². The van der Waals surface area contributed by atoms with E-state index in [0.717, 1.165) is 12.8 Å². The van der Waals surface area contributed by atoms with Crippen LogP contribution in [-0.2, 0) is 0 Å². The van der Waals surface area contributed by atoms with Crippen LogP contribution in [0.25, 0.3) is 0 Å². The lowest BCUT2D eigenvalue weighted by atomic mass is 10.2. The summed E-state index contributed by atoms with van der Waals surface area (Å²) in [6.45, 7) is 2.80. The Hall–Kier alpha value is -4.20. The zero-order chi connectivity index (χ0) is 24.3. The minimum Gasteiger partial charge on any atom is -0.494 e. The number of benzene rings is 3. The molecular formula is C26H25NO7. The van der Waals surface area contributed by atoms with Crippen molar-refractivity contribution in [1.82, 2.24) is 0 Å². The zero-order valence-corrected chi connectivity index (χ0v) is 18.8. The first-order valence-electron chi connectivity index (χ1n) is 11.0. The maximum absolute atomic E-state index is 12.4. The molecule has 0 N–H and O–H groups in total. The van der Waals surface area contributed by atoms with Gasteiger partial charge >= 0.3 is 11.9 Å². The molecule has 3 rings (SSSR count). The molecule has 0 fully saturated rings. The number of carbonyl (C=O) groups is 2. The van der Waals surface area contributed by atoms with Gasteiger partial charge in [0.1, 0.15) is 17.2 Å². The molecule has 0 saturated heterocycles. The van der Waals surface area contributed by atoms with Gasteiger partial charge in [-0.25, -0.2) is 9.59 Å². The Labute approximate surface area is 197 Å². The van der Waals surface area contributed by atoms with Gasteiger partial charge in [0, 0.05) is 12.1 Å². The average Bonchev–Trinajstić information content (AvgIpc) is 2.85. The zero-order valence-electron chi connectivity index (χ0n) is 18.8. The van der Waals surface area contributed by atoms with Gasteiger partial charge in [-0.1, -0.05) is 26.2 Å². The van der Waals surface area contributed by atoms with Crippen LogP contribution in [0.5, 0.6) is 17.2 Å². The summed E-state index contributed by atoms with van der Waals surface area (Å²) in [7, 11) is 0. The van der Waals surface area contributed by atoms with E-state index in [-0.39, 0.29) is 22.7 Å². The summed E-state index contributed by atoms with van der Waals surface area (Å²) in [5.41, 5.74) is 0.508. The maximum Gasteiger partial charge on any atom is 0.343 e. The monoisotopic (exact) mass is 463 g/mol. The van der Waals surface area contributed by atoms with Gasteiger partial charge in [0.25, 0.3) is 5.69 Å². The molecule has 8 heteroatoms. The third-order valence-corrected chi connectivity index (χ3v) is 4.92. The summed E-state index contributed by atoms with van der Waals surface area (Å²) in [5, 5.41) is 10.7. The highest BCUT2D eigenvalue weighted by Crippen LogP contribution is 2.20. The van der Waals surface area contributed by atoms with Crippen LogP contribution in [0.3, 0.4) is 0 Å². The number of nitro benzene ring substituents is 1. The van der Waals surface area contributed by atoms with Crippen LogP contribution in [-0.4, -0.2) is 23.5 Å². The highest BCUT2D eigenvalue weighted by atomic mass is 16.6. The number of hydrogen-bond donors (Lipinski definition) is 0. The lowest BCUT2D eigenvalue weighted by Crippen LogP contribution is -2.10. The highest BCUT2D eigenvalue weighted by molar-refractivity contribution is 5.92. The van der Waals surface area contributed by atoms with Crippen LogP contribution in [0.1, 0.15) is 53.3 Å². The topological polar surface area (TPSA) is 105 Å². The van der Waals surface area contributed by atoms with Gasteiger partial charge in [0.05, 0.1) is 22.7 Å². The number of hydrogen-bond acceptors (Lipinski definition) is 7. The smallest absolute Gasteiger partial charge is 0.343 e. The molecule has 0 atom stereocenters. The fraction of sp³-hybridized carbons (Fsp3) is 0.231. The van der Waals surface area contributed by atoms with Gasteiger partial charge < -0.3 is 14.2 Å². The lowest BCUT2D eigenvalue weighted by molar-refractivity contribution is -0.384. The number of non-ortho nitro benzene ring substituents is 1. The van der Waals surface area contributed by atoms with E-state index in [9.17, 15) is 19.7 Å². The van der Waals surface area contributed by atoms with E-state index in [1.54, 1.807) is 24.3 Å². The van der Waals surface area contributed by atoms with Crippen molar-refractivity contribution in [2.45, 2.75) is 32.6 Å². The second-order valence-corrected chi connectivity index (χ2v) is 7.49. The molecule has 0 heterocycles.